The number of alkyl halides is 4. The van der Waals surface area contributed by atoms with Gasteiger partial charge in [0.05, 0.1) is 6.61 Å². The molecule has 0 aromatic carbocycles. The van der Waals surface area contributed by atoms with Gasteiger partial charge >= 0.3 is 6.36 Å². The van der Waals surface area contributed by atoms with E-state index in [1.165, 1.54) is 0 Å². The van der Waals surface area contributed by atoms with Crippen molar-refractivity contribution in [2.45, 2.75) is 24.6 Å². The maximum atomic E-state index is 11.5. The lowest BCUT2D eigenvalue weighted by atomic mass is 9.85. The van der Waals surface area contributed by atoms with Gasteiger partial charge in [0, 0.05) is 11.9 Å². The monoisotopic (exact) mass is 231 g/mol. The average Bonchev–Trinajstić information content (AvgIpc) is 1.98. The van der Waals surface area contributed by atoms with Crippen LogP contribution in [-0.4, -0.2) is 31.4 Å². The third kappa shape index (κ3) is 5.02. The van der Waals surface area contributed by atoms with E-state index in [4.69, 9.17) is 11.6 Å². The minimum atomic E-state index is -4.51. The molecule has 2 nitrogen and oxygen atoms in total. The van der Waals surface area contributed by atoms with Gasteiger partial charge in [-0.25, -0.2) is 0 Å². The summed E-state index contributed by atoms with van der Waals surface area (Å²) in [5, 5.41) is 3.15. The molecular formula is C8H13ClF3NO. The molecule has 6 heteroatoms. The SMILES string of the molecule is FC(F)(F)OCCNCC1CC(Cl)C1. The second-order valence-electron chi connectivity index (χ2n) is 3.43. The lowest BCUT2D eigenvalue weighted by molar-refractivity contribution is -0.323. The second kappa shape index (κ2) is 5.19. The number of hydrogen-bond acceptors (Lipinski definition) is 2. The minimum Gasteiger partial charge on any atom is -0.314 e. The largest absolute Gasteiger partial charge is 0.522 e. The van der Waals surface area contributed by atoms with Crippen molar-refractivity contribution in [2.24, 2.45) is 5.92 Å². The quantitative estimate of drug-likeness (QED) is 0.578. The molecule has 1 rings (SSSR count). The van der Waals surface area contributed by atoms with E-state index in [0.29, 0.717) is 5.92 Å². The number of ether oxygens (including phenoxy) is 1. The first kappa shape index (κ1) is 12.1. The molecule has 84 valence electrons. The van der Waals surface area contributed by atoms with Crippen LogP contribution in [0.4, 0.5) is 13.2 Å². The fourth-order valence-corrected chi connectivity index (χ4v) is 1.87. The van der Waals surface area contributed by atoms with E-state index in [1.54, 1.807) is 0 Å². The Morgan fingerprint density at radius 1 is 1.36 bits per heavy atom. The standard InChI is InChI=1S/C8H13ClF3NO/c9-7-3-6(4-7)5-13-1-2-14-8(10,11)12/h6-7,13H,1-5H2. The Morgan fingerprint density at radius 2 is 2.00 bits per heavy atom. The van der Waals surface area contributed by atoms with Crippen LogP contribution in [0.2, 0.25) is 0 Å². The molecule has 0 aliphatic heterocycles. The Kier molecular flexibility index (Phi) is 4.47. The van der Waals surface area contributed by atoms with E-state index in [0.717, 1.165) is 19.4 Å². The Morgan fingerprint density at radius 3 is 2.50 bits per heavy atom. The zero-order valence-electron chi connectivity index (χ0n) is 7.61. The summed E-state index contributed by atoms with van der Waals surface area (Å²) in [4.78, 5) is 0. The molecule has 0 amide bonds. The van der Waals surface area contributed by atoms with E-state index in [1.807, 2.05) is 0 Å². The van der Waals surface area contributed by atoms with Crippen LogP contribution in [0.3, 0.4) is 0 Å². The van der Waals surface area contributed by atoms with Gasteiger partial charge in [-0.2, -0.15) is 0 Å². The number of rotatable bonds is 5. The molecule has 0 aromatic heterocycles. The highest BCUT2D eigenvalue weighted by atomic mass is 35.5. The first-order chi connectivity index (χ1) is 6.47. The van der Waals surface area contributed by atoms with Gasteiger partial charge in [0.1, 0.15) is 0 Å². The van der Waals surface area contributed by atoms with Crippen molar-refractivity contribution < 1.29 is 17.9 Å². The number of halogens is 4. The zero-order chi connectivity index (χ0) is 10.6. The normalized spacial score (nSPS) is 27.4. The van der Waals surface area contributed by atoms with Crippen LogP contribution in [0.15, 0.2) is 0 Å². The Balaban J connectivity index is 1.85. The molecule has 1 aliphatic carbocycles. The molecule has 0 aromatic rings. The molecule has 0 atom stereocenters. The maximum Gasteiger partial charge on any atom is 0.522 e. The van der Waals surface area contributed by atoms with E-state index < -0.39 is 6.36 Å². The lowest BCUT2D eigenvalue weighted by Crippen LogP contribution is -2.35. The van der Waals surface area contributed by atoms with Gasteiger partial charge in [-0.05, 0) is 25.3 Å². The maximum absolute atomic E-state index is 11.5. The molecule has 1 fully saturated rings. The smallest absolute Gasteiger partial charge is 0.314 e. The molecule has 1 aliphatic rings. The van der Waals surface area contributed by atoms with Gasteiger partial charge in [-0.3, -0.25) is 4.74 Å². The first-order valence-electron chi connectivity index (χ1n) is 4.53. The van der Waals surface area contributed by atoms with Crippen molar-refractivity contribution in [3.05, 3.63) is 0 Å². The summed E-state index contributed by atoms with van der Waals surface area (Å²) in [6, 6.07) is 0. The molecular weight excluding hydrogens is 219 g/mol. The highest BCUT2D eigenvalue weighted by Crippen LogP contribution is 2.30. The van der Waals surface area contributed by atoms with Crippen LogP contribution < -0.4 is 5.32 Å². The van der Waals surface area contributed by atoms with Crippen molar-refractivity contribution >= 4 is 11.6 Å². The first-order valence-corrected chi connectivity index (χ1v) is 4.96. The zero-order valence-corrected chi connectivity index (χ0v) is 8.37. The molecule has 14 heavy (non-hydrogen) atoms. The molecule has 0 radical (unpaired) electrons. The van der Waals surface area contributed by atoms with E-state index in [-0.39, 0.29) is 18.5 Å². The summed E-state index contributed by atoms with van der Waals surface area (Å²) in [6.07, 6.45) is -2.61. The van der Waals surface area contributed by atoms with Crippen LogP contribution >= 0.6 is 11.6 Å². The van der Waals surface area contributed by atoms with Gasteiger partial charge in [-0.1, -0.05) is 0 Å². The molecule has 0 spiro atoms. The summed E-state index contributed by atoms with van der Waals surface area (Å²) in [5.41, 5.74) is 0. The van der Waals surface area contributed by atoms with Gasteiger partial charge in [-0.15, -0.1) is 24.8 Å². The highest BCUT2D eigenvalue weighted by molar-refractivity contribution is 6.21. The molecule has 0 saturated heterocycles. The fourth-order valence-electron chi connectivity index (χ4n) is 1.37. The third-order valence-corrected chi connectivity index (χ3v) is 2.51. The topological polar surface area (TPSA) is 21.3 Å². The van der Waals surface area contributed by atoms with Gasteiger partial charge < -0.3 is 5.32 Å². The van der Waals surface area contributed by atoms with Crippen molar-refractivity contribution in [1.29, 1.82) is 0 Å². The predicted octanol–water partition coefficient (Wildman–Crippen LogP) is 2.13. The van der Waals surface area contributed by atoms with Crippen molar-refractivity contribution in [3.8, 4) is 0 Å². The Labute approximate surface area is 85.8 Å². The molecule has 1 N–H and O–H groups in total. The summed E-state index contributed by atoms with van der Waals surface area (Å²) in [6.45, 7) is 0.619. The van der Waals surface area contributed by atoms with Gasteiger partial charge in [0.15, 0.2) is 0 Å². The van der Waals surface area contributed by atoms with Crippen LogP contribution in [0, 0.1) is 5.92 Å². The van der Waals surface area contributed by atoms with Crippen molar-refractivity contribution in [2.75, 3.05) is 19.7 Å². The van der Waals surface area contributed by atoms with Crippen LogP contribution in [0.5, 0.6) is 0 Å². The van der Waals surface area contributed by atoms with E-state index >= 15 is 0 Å². The van der Waals surface area contributed by atoms with Gasteiger partial charge in [0.2, 0.25) is 0 Å². The van der Waals surface area contributed by atoms with Crippen LogP contribution in [0.25, 0.3) is 0 Å². The Hall–Kier alpha value is 0. The van der Waals surface area contributed by atoms with E-state index in [2.05, 4.69) is 10.1 Å². The van der Waals surface area contributed by atoms with E-state index in [9.17, 15) is 13.2 Å². The molecule has 0 bridgehead atoms. The molecule has 1 saturated carbocycles. The molecule has 0 heterocycles. The van der Waals surface area contributed by atoms with Crippen LogP contribution in [0.1, 0.15) is 12.8 Å². The van der Waals surface area contributed by atoms with Crippen molar-refractivity contribution in [3.63, 3.8) is 0 Å². The third-order valence-electron chi connectivity index (χ3n) is 2.16. The number of nitrogens with one attached hydrogen (secondary N) is 1. The number of hydrogen-bond donors (Lipinski definition) is 1. The van der Waals surface area contributed by atoms with Crippen molar-refractivity contribution in [1.82, 2.24) is 5.32 Å². The summed E-state index contributed by atoms with van der Waals surface area (Å²) in [5.74, 6) is 0.517. The second-order valence-corrected chi connectivity index (χ2v) is 4.05. The van der Waals surface area contributed by atoms with Gasteiger partial charge in [0.25, 0.3) is 0 Å². The fraction of sp³-hybridized carbons (Fsp3) is 1.00. The highest BCUT2D eigenvalue weighted by Gasteiger charge is 2.29. The minimum absolute atomic E-state index is 0.225. The summed E-state index contributed by atoms with van der Waals surface area (Å²) >= 11 is 5.74. The predicted molar refractivity (Wildman–Crippen MR) is 47.2 cm³/mol. The summed E-state index contributed by atoms with van der Waals surface area (Å²) in [7, 11) is 0. The molecule has 0 unspecified atom stereocenters. The average molecular weight is 232 g/mol. The van der Waals surface area contributed by atoms with Crippen LogP contribution in [-0.2, 0) is 4.74 Å². The lowest BCUT2D eigenvalue weighted by Gasteiger charge is -2.30. The Bertz CT molecular complexity index is 170. The summed E-state index contributed by atoms with van der Waals surface area (Å²) < 4.78 is 38.1.